The Balaban J connectivity index is 2.29. The van der Waals surface area contributed by atoms with Gasteiger partial charge in [0.05, 0.1) is 0 Å². The number of nitrogens with zero attached hydrogens (tertiary/aromatic N) is 2. The second-order valence-corrected chi connectivity index (χ2v) is 8.61. The summed E-state index contributed by atoms with van der Waals surface area (Å²) in [7, 11) is 2.81. The van der Waals surface area contributed by atoms with E-state index in [-0.39, 0.29) is 11.8 Å². The highest BCUT2D eigenvalue weighted by Gasteiger charge is 2.47. The van der Waals surface area contributed by atoms with Gasteiger partial charge < -0.3 is 5.73 Å². The van der Waals surface area contributed by atoms with Crippen molar-refractivity contribution in [2.75, 3.05) is 7.05 Å². The number of nitrogens with two attached hydrogens (primary N) is 1. The Hall–Kier alpha value is -1.78. The zero-order valence-corrected chi connectivity index (χ0v) is 16.3. The molecule has 0 aromatic heterocycles. The minimum absolute atomic E-state index is 0.179. The van der Waals surface area contributed by atoms with E-state index in [2.05, 4.69) is 14.2 Å². The molecule has 1 heterocycles. The summed E-state index contributed by atoms with van der Waals surface area (Å²) in [6.45, 7) is 3.84. The van der Waals surface area contributed by atoms with E-state index in [0.717, 1.165) is 16.4 Å². The molecule has 4 atom stereocenters. The fraction of sp³-hybridized carbons (Fsp3) is 0.278. The Kier molecular flexibility index (Phi) is 4.69. The Labute approximate surface area is 152 Å². The number of aliphatic imine (C=N–C) groups is 1. The van der Waals surface area contributed by atoms with Crippen molar-refractivity contribution in [1.82, 2.24) is 4.31 Å². The van der Waals surface area contributed by atoms with Crippen LogP contribution in [0.3, 0.4) is 0 Å². The molecule has 0 bridgehead atoms. The number of benzene rings is 2. The molecule has 0 fully saturated rings. The first-order valence-corrected chi connectivity index (χ1v) is 9.60. The van der Waals surface area contributed by atoms with Gasteiger partial charge >= 0.3 is 0 Å². The third-order valence-electron chi connectivity index (χ3n) is 4.56. The highest BCUT2D eigenvalue weighted by Crippen LogP contribution is 2.45. The molecule has 7 heteroatoms. The molecule has 4 nitrogen and oxygen atoms in total. The number of rotatable bonds is 2. The zero-order chi connectivity index (χ0) is 18.4. The molecule has 0 spiro atoms. The maximum absolute atomic E-state index is 14.0. The first-order valence-electron chi connectivity index (χ1n) is 7.86. The molecular formula is C18H21FN3OPS. The van der Waals surface area contributed by atoms with E-state index in [1.165, 1.54) is 16.4 Å². The molecule has 0 radical (unpaired) electrons. The first-order chi connectivity index (χ1) is 11.7. The molecule has 0 saturated carbocycles. The van der Waals surface area contributed by atoms with Gasteiger partial charge in [-0.3, -0.25) is 4.31 Å². The van der Waals surface area contributed by atoms with E-state index in [0.29, 0.717) is 5.56 Å². The summed E-state index contributed by atoms with van der Waals surface area (Å²) in [5, 5.41) is 0.324. The minimum atomic E-state index is -1.45. The molecule has 0 aliphatic carbocycles. The second-order valence-electron chi connectivity index (χ2n) is 6.42. The van der Waals surface area contributed by atoms with Crippen LogP contribution in [0.4, 0.5) is 4.39 Å². The van der Waals surface area contributed by atoms with Crippen LogP contribution in [0.15, 0.2) is 47.5 Å². The molecule has 25 heavy (non-hydrogen) atoms. The standard InChI is InChI=1S/C18H21FN3OPS/c1-11-5-4-6-12(9-11)16-18(2,21-17(20)22(3)25(16)23)14-10-13(19)7-8-15(14)24/h4-10,16H,24H2,1-3H3,(H2,20,21)/t16-,18-,25?/m1/s1. The van der Waals surface area contributed by atoms with Gasteiger partial charge in [-0.15, -0.1) is 9.24 Å². The normalized spacial score (nSPS) is 26.4. The predicted molar refractivity (Wildman–Crippen MR) is 105 cm³/mol. The topological polar surface area (TPSA) is 58.7 Å². The van der Waals surface area contributed by atoms with E-state index >= 15 is 0 Å². The summed E-state index contributed by atoms with van der Waals surface area (Å²) in [5.74, 6) is -0.178. The molecule has 2 aromatic carbocycles. The van der Waals surface area contributed by atoms with Crippen molar-refractivity contribution in [3.8, 4) is 0 Å². The van der Waals surface area contributed by atoms with Crippen molar-refractivity contribution in [1.29, 1.82) is 0 Å². The molecule has 2 unspecified atom stereocenters. The quantitative estimate of drug-likeness (QED) is 0.818. The molecule has 132 valence electrons. The zero-order valence-electron chi connectivity index (χ0n) is 14.4. The molecule has 1 aliphatic heterocycles. The van der Waals surface area contributed by atoms with Crippen LogP contribution in [0.2, 0.25) is 0 Å². The average molecular weight is 377 g/mol. The van der Waals surface area contributed by atoms with Crippen molar-refractivity contribution < 1.29 is 8.60 Å². The number of guanidine groups is 1. The SMILES string of the molecule is Cc1cccc([C@H]2S(=O)N(C)C(N)=N[C@]2(C)c2cc(F)ccc2P)c1. The summed E-state index contributed by atoms with van der Waals surface area (Å²) in [6, 6.07) is 12.4. The van der Waals surface area contributed by atoms with Gasteiger partial charge in [-0.05, 0) is 42.4 Å². The van der Waals surface area contributed by atoms with Crippen molar-refractivity contribution in [3.05, 3.63) is 65.0 Å². The van der Waals surface area contributed by atoms with Crippen LogP contribution in [0.5, 0.6) is 0 Å². The Bertz CT molecular complexity index is 888. The molecule has 0 amide bonds. The minimum Gasteiger partial charge on any atom is -0.369 e. The predicted octanol–water partition coefficient (Wildman–Crippen LogP) is 2.51. The molecule has 3 rings (SSSR count). The summed E-state index contributed by atoms with van der Waals surface area (Å²) in [6.07, 6.45) is 0. The lowest BCUT2D eigenvalue weighted by molar-refractivity contribution is 0.440. The smallest absolute Gasteiger partial charge is 0.204 e. The number of hydrogen-bond donors (Lipinski definition) is 1. The monoisotopic (exact) mass is 377 g/mol. The van der Waals surface area contributed by atoms with Crippen LogP contribution < -0.4 is 11.0 Å². The fourth-order valence-corrected chi connectivity index (χ4v) is 5.22. The van der Waals surface area contributed by atoms with Crippen molar-refractivity contribution in [2.45, 2.75) is 24.6 Å². The van der Waals surface area contributed by atoms with Gasteiger partial charge in [-0.25, -0.2) is 13.6 Å². The molecular weight excluding hydrogens is 356 g/mol. The van der Waals surface area contributed by atoms with Gasteiger partial charge in [0.15, 0.2) is 0 Å². The second kappa shape index (κ2) is 6.50. The number of halogens is 1. The van der Waals surface area contributed by atoms with Crippen LogP contribution in [0.1, 0.15) is 28.9 Å². The van der Waals surface area contributed by atoms with Crippen LogP contribution in [-0.2, 0) is 16.5 Å². The summed E-state index contributed by atoms with van der Waals surface area (Å²) >= 11 is 0. The molecule has 1 aliphatic rings. The van der Waals surface area contributed by atoms with Crippen LogP contribution in [-0.4, -0.2) is 21.5 Å². The largest absolute Gasteiger partial charge is 0.369 e. The van der Waals surface area contributed by atoms with Crippen LogP contribution in [0.25, 0.3) is 0 Å². The average Bonchev–Trinajstić information content (AvgIpc) is 2.55. The number of aryl methyl sites for hydroxylation is 1. The third kappa shape index (κ3) is 3.09. The van der Waals surface area contributed by atoms with Gasteiger partial charge in [0.1, 0.15) is 27.6 Å². The van der Waals surface area contributed by atoms with Crippen molar-refractivity contribution in [3.63, 3.8) is 0 Å². The van der Waals surface area contributed by atoms with E-state index in [1.54, 1.807) is 13.1 Å². The number of hydrogen-bond acceptors (Lipinski definition) is 3. The first kappa shape index (κ1) is 18.0. The summed E-state index contributed by atoms with van der Waals surface area (Å²) in [4.78, 5) is 4.65. The highest BCUT2D eigenvalue weighted by molar-refractivity contribution is 7.83. The van der Waals surface area contributed by atoms with Gasteiger partial charge in [0.2, 0.25) is 5.96 Å². The maximum atomic E-state index is 14.0. The van der Waals surface area contributed by atoms with Gasteiger partial charge in [-0.1, -0.05) is 35.9 Å². The lowest BCUT2D eigenvalue weighted by atomic mass is 9.85. The van der Waals surface area contributed by atoms with Crippen LogP contribution >= 0.6 is 9.24 Å². The lowest BCUT2D eigenvalue weighted by Gasteiger charge is -2.41. The van der Waals surface area contributed by atoms with E-state index in [9.17, 15) is 8.60 Å². The van der Waals surface area contributed by atoms with Crippen molar-refractivity contribution >= 4 is 31.5 Å². The third-order valence-corrected chi connectivity index (χ3v) is 6.92. The van der Waals surface area contributed by atoms with Crippen molar-refractivity contribution in [2.24, 2.45) is 10.7 Å². The summed E-state index contributed by atoms with van der Waals surface area (Å²) in [5.41, 5.74) is 7.68. The maximum Gasteiger partial charge on any atom is 0.204 e. The molecule has 2 N–H and O–H groups in total. The van der Waals surface area contributed by atoms with Crippen LogP contribution in [0, 0.1) is 12.7 Å². The van der Waals surface area contributed by atoms with E-state index < -0.39 is 21.8 Å². The lowest BCUT2D eigenvalue weighted by Crippen LogP contribution is -2.50. The van der Waals surface area contributed by atoms with Gasteiger partial charge in [0.25, 0.3) is 0 Å². The Morgan fingerprint density at radius 3 is 2.72 bits per heavy atom. The van der Waals surface area contributed by atoms with E-state index in [1.807, 2.05) is 38.1 Å². The molecule has 2 aromatic rings. The van der Waals surface area contributed by atoms with Gasteiger partial charge in [0, 0.05) is 7.05 Å². The Morgan fingerprint density at radius 1 is 1.32 bits per heavy atom. The fourth-order valence-electron chi connectivity index (χ4n) is 3.26. The highest BCUT2D eigenvalue weighted by atomic mass is 32.2. The van der Waals surface area contributed by atoms with E-state index in [4.69, 9.17) is 5.73 Å². The Morgan fingerprint density at radius 2 is 2.04 bits per heavy atom. The molecule has 0 saturated heterocycles. The van der Waals surface area contributed by atoms with Gasteiger partial charge in [-0.2, -0.15) is 0 Å². The summed E-state index contributed by atoms with van der Waals surface area (Å²) < 4.78 is 28.6.